The van der Waals surface area contributed by atoms with Gasteiger partial charge in [-0.15, -0.1) is 24.8 Å². The normalized spacial score (nSPS) is 30.6. The Balaban J connectivity index is 0.00000121. The number of aryl methyl sites for hydroxylation is 1. The first-order chi connectivity index (χ1) is 11.6. The highest BCUT2D eigenvalue weighted by molar-refractivity contribution is 5.85. The van der Waals surface area contributed by atoms with Gasteiger partial charge in [-0.05, 0) is 43.6 Å². The van der Waals surface area contributed by atoms with Gasteiger partial charge in [0.05, 0.1) is 5.92 Å². The molecule has 3 aliphatic rings. The molecule has 4 unspecified atom stereocenters. The Hall–Kier alpha value is -0.810. The standard InChI is InChI=1S/C20H29N3O.2ClH/c1-14-3-2-4-15(11-14)13-22-7-9-23(10-8-22)20(24)18-16-5-6-17(12-16)19(18)21;;/h2-4,11,16-19H,5-10,12-13,21H2,1H3;2*1H. The predicted molar refractivity (Wildman–Crippen MR) is 110 cm³/mol. The fourth-order valence-corrected chi connectivity index (χ4v) is 5.11. The first-order valence-electron chi connectivity index (χ1n) is 9.44. The van der Waals surface area contributed by atoms with Gasteiger partial charge in [-0.3, -0.25) is 9.69 Å². The second kappa shape index (κ2) is 8.92. The van der Waals surface area contributed by atoms with Crippen molar-refractivity contribution >= 4 is 30.7 Å². The third-order valence-electron chi connectivity index (χ3n) is 6.44. The first-order valence-corrected chi connectivity index (χ1v) is 9.44. The summed E-state index contributed by atoms with van der Waals surface area (Å²) in [6.45, 7) is 6.76. The maximum Gasteiger partial charge on any atom is 0.227 e. The topological polar surface area (TPSA) is 49.6 Å². The molecule has 26 heavy (non-hydrogen) atoms. The lowest BCUT2D eigenvalue weighted by atomic mass is 9.84. The summed E-state index contributed by atoms with van der Waals surface area (Å²) in [5.41, 5.74) is 9.03. The molecule has 2 N–H and O–H groups in total. The molecule has 0 spiro atoms. The van der Waals surface area contributed by atoms with Crippen molar-refractivity contribution in [3.8, 4) is 0 Å². The zero-order valence-corrected chi connectivity index (χ0v) is 17.1. The van der Waals surface area contributed by atoms with Crippen LogP contribution in [-0.4, -0.2) is 47.9 Å². The molecule has 1 aliphatic heterocycles. The van der Waals surface area contributed by atoms with Gasteiger partial charge >= 0.3 is 0 Å². The van der Waals surface area contributed by atoms with Gasteiger partial charge in [0.15, 0.2) is 0 Å². The van der Waals surface area contributed by atoms with Crippen molar-refractivity contribution in [1.29, 1.82) is 0 Å². The Bertz CT molecular complexity index is 617. The minimum Gasteiger partial charge on any atom is -0.340 e. The van der Waals surface area contributed by atoms with Crippen LogP contribution in [0, 0.1) is 24.7 Å². The van der Waals surface area contributed by atoms with Gasteiger partial charge in [-0.1, -0.05) is 29.8 Å². The molecule has 6 heteroatoms. The van der Waals surface area contributed by atoms with Crippen molar-refractivity contribution in [3.63, 3.8) is 0 Å². The number of nitrogens with two attached hydrogens (primary N) is 1. The minimum absolute atomic E-state index is 0. The van der Waals surface area contributed by atoms with Crippen molar-refractivity contribution in [2.45, 2.75) is 38.8 Å². The SMILES string of the molecule is Cc1cccc(CN2CCN(C(=O)C3C4CCC(C4)C3N)CC2)c1.Cl.Cl. The molecule has 1 aromatic rings. The van der Waals surface area contributed by atoms with Gasteiger partial charge in [0, 0.05) is 38.8 Å². The van der Waals surface area contributed by atoms with Crippen LogP contribution in [0.25, 0.3) is 0 Å². The van der Waals surface area contributed by atoms with E-state index in [1.807, 2.05) is 0 Å². The molecule has 1 aromatic carbocycles. The van der Waals surface area contributed by atoms with Gasteiger partial charge in [0.25, 0.3) is 0 Å². The van der Waals surface area contributed by atoms with Gasteiger partial charge in [0.1, 0.15) is 0 Å². The van der Waals surface area contributed by atoms with Crippen LogP contribution < -0.4 is 5.73 Å². The van der Waals surface area contributed by atoms with Gasteiger partial charge in [0.2, 0.25) is 5.91 Å². The number of hydrogen-bond donors (Lipinski definition) is 1. The molecular weight excluding hydrogens is 369 g/mol. The van der Waals surface area contributed by atoms with Gasteiger partial charge < -0.3 is 10.6 Å². The summed E-state index contributed by atoms with van der Waals surface area (Å²) in [6, 6.07) is 8.83. The van der Waals surface area contributed by atoms with Crippen LogP contribution in [0.4, 0.5) is 0 Å². The van der Waals surface area contributed by atoms with Crippen molar-refractivity contribution < 1.29 is 4.79 Å². The Morgan fingerprint density at radius 3 is 2.42 bits per heavy atom. The molecule has 1 amide bonds. The molecule has 0 radical (unpaired) electrons. The summed E-state index contributed by atoms with van der Waals surface area (Å²) in [5, 5.41) is 0. The molecule has 0 aromatic heterocycles. The Morgan fingerprint density at radius 1 is 1.12 bits per heavy atom. The lowest BCUT2D eigenvalue weighted by Gasteiger charge is -2.38. The largest absolute Gasteiger partial charge is 0.340 e. The number of carbonyl (C=O) groups is 1. The van der Waals surface area contributed by atoms with E-state index < -0.39 is 0 Å². The van der Waals surface area contributed by atoms with Crippen LogP contribution in [-0.2, 0) is 11.3 Å². The van der Waals surface area contributed by atoms with E-state index in [1.165, 1.54) is 30.4 Å². The number of nitrogens with zero attached hydrogens (tertiary/aromatic N) is 2. The summed E-state index contributed by atoms with van der Waals surface area (Å²) in [6.07, 6.45) is 3.63. The number of rotatable bonds is 3. The summed E-state index contributed by atoms with van der Waals surface area (Å²) < 4.78 is 0. The van der Waals surface area contributed by atoms with E-state index >= 15 is 0 Å². The fraction of sp³-hybridized carbons (Fsp3) is 0.650. The maximum absolute atomic E-state index is 12.9. The maximum atomic E-state index is 12.9. The lowest BCUT2D eigenvalue weighted by molar-refractivity contribution is -0.139. The van der Waals surface area contributed by atoms with Crippen LogP contribution in [0.15, 0.2) is 24.3 Å². The van der Waals surface area contributed by atoms with Gasteiger partial charge in [-0.2, -0.15) is 0 Å². The number of carbonyl (C=O) groups excluding carboxylic acids is 1. The minimum atomic E-state index is 0. The number of halogens is 2. The van der Waals surface area contributed by atoms with Crippen LogP contribution in [0.1, 0.15) is 30.4 Å². The quantitative estimate of drug-likeness (QED) is 0.849. The molecule has 2 saturated carbocycles. The van der Waals surface area contributed by atoms with Crippen LogP contribution in [0.3, 0.4) is 0 Å². The number of hydrogen-bond acceptors (Lipinski definition) is 3. The molecule has 1 heterocycles. The summed E-state index contributed by atoms with van der Waals surface area (Å²) in [5.74, 6) is 1.60. The van der Waals surface area contributed by atoms with E-state index in [0.29, 0.717) is 17.7 Å². The average molecular weight is 400 g/mol. The summed E-state index contributed by atoms with van der Waals surface area (Å²) in [7, 11) is 0. The monoisotopic (exact) mass is 399 g/mol. The van der Waals surface area contributed by atoms with E-state index in [4.69, 9.17) is 5.73 Å². The summed E-state index contributed by atoms with van der Waals surface area (Å²) in [4.78, 5) is 17.5. The Kier molecular flexibility index (Phi) is 7.37. The summed E-state index contributed by atoms with van der Waals surface area (Å²) >= 11 is 0. The first kappa shape index (κ1) is 21.5. The zero-order valence-electron chi connectivity index (χ0n) is 15.5. The average Bonchev–Trinajstić information content (AvgIpc) is 3.16. The fourth-order valence-electron chi connectivity index (χ4n) is 5.11. The van der Waals surface area contributed by atoms with Crippen LogP contribution in [0.5, 0.6) is 0 Å². The van der Waals surface area contributed by atoms with E-state index in [2.05, 4.69) is 41.0 Å². The number of piperazine rings is 1. The second-order valence-corrected chi connectivity index (χ2v) is 8.03. The number of amides is 1. The van der Waals surface area contributed by atoms with E-state index in [0.717, 1.165) is 32.7 Å². The van der Waals surface area contributed by atoms with Crippen molar-refractivity contribution in [2.24, 2.45) is 23.5 Å². The molecule has 4 atom stereocenters. The highest BCUT2D eigenvalue weighted by atomic mass is 35.5. The molecule has 2 aliphatic carbocycles. The third-order valence-corrected chi connectivity index (χ3v) is 6.44. The molecule has 3 fully saturated rings. The van der Waals surface area contributed by atoms with Crippen molar-refractivity contribution in [1.82, 2.24) is 9.80 Å². The van der Waals surface area contributed by atoms with Gasteiger partial charge in [-0.25, -0.2) is 0 Å². The molecule has 1 saturated heterocycles. The van der Waals surface area contributed by atoms with Crippen molar-refractivity contribution in [2.75, 3.05) is 26.2 Å². The second-order valence-electron chi connectivity index (χ2n) is 8.03. The number of fused-ring (bicyclic) bond motifs is 2. The molecule has 4 rings (SSSR count). The highest BCUT2D eigenvalue weighted by Crippen LogP contribution is 2.48. The van der Waals surface area contributed by atoms with E-state index in [9.17, 15) is 4.79 Å². The predicted octanol–water partition coefficient (Wildman–Crippen LogP) is 2.86. The number of benzene rings is 1. The molecule has 4 nitrogen and oxygen atoms in total. The smallest absolute Gasteiger partial charge is 0.227 e. The van der Waals surface area contributed by atoms with Crippen molar-refractivity contribution in [3.05, 3.63) is 35.4 Å². The molecule has 2 bridgehead atoms. The zero-order chi connectivity index (χ0) is 16.7. The van der Waals surface area contributed by atoms with Crippen LogP contribution >= 0.6 is 24.8 Å². The molecule has 146 valence electrons. The Labute approximate surface area is 169 Å². The highest BCUT2D eigenvalue weighted by Gasteiger charge is 2.50. The van der Waals surface area contributed by atoms with Crippen LogP contribution in [0.2, 0.25) is 0 Å². The Morgan fingerprint density at radius 2 is 1.81 bits per heavy atom. The van der Waals surface area contributed by atoms with E-state index in [-0.39, 0.29) is 36.8 Å². The lowest BCUT2D eigenvalue weighted by Crippen LogP contribution is -2.53. The molecular formula is C20H31Cl2N3O. The van der Waals surface area contributed by atoms with E-state index in [1.54, 1.807) is 0 Å². The third kappa shape index (κ3) is 4.19.